The normalized spacial score (nSPS) is 18.7. The molecule has 3 atom stereocenters. The average Bonchev–Trinajstić information content (AvgIpc) is 3.19. The smallest absolute Gasteiger partial charge is 0.161 e. The third-order valence-electron chi connectivity index (χ3n) is 6.46. The first kappa shape index (κ1) is 23.6. The van der Waals surface area contributed by atoms with E-state index in [4.69, 9.17) is 28.4 Å². The zero-order valence-electron chi connectivity index (χ0n) is 20.2. The molecule has 1 aliphatic rings. The van der Waals surface area contributed by atoms with Crippen LogP contribution in [0.15, 0.2) is 48.5 Å². The van der Waals surface area contributed by atoms with Crippen LogP contribution in [0.4, 0.5) is 0 Å². The Morgan fingerprint density at radius 3 is 1.71 bits per heavy atom. The molecule has 7 heteroatoms. The van der Waals surface area contributed by atoms with E-state index in [0.717, 1.165) is 22.3 Å². The molecule has 0 amide bonds. The fourth-order valence-corrected chi connectivity index (χ4v) is 4.86. The number of methoxy groups -OCH3 is 6. The first-order valence-electron chi connectivity index (χ1n) is 10.9. The molecule has 4 rings (SSSR count). The topological polar surface area (TPSA) is 75.6 Å². The number of hydrogen-bond donors (Lipinski definition) is 1. The predicted octanol–water partition coefficient (Wildman–Crippen LogP) is 4.70. The van der Waals surface area contributed by atoms with E-state index in [1.54, 1.807) is 42.7 Å². The molecular weight excluding hydrogens is 436 g/mol. The van der Waals surface area contributed by atoms with Crippen LogP contribution in [0.5, 0.6) is 34.5 Å². The SMILES string of the molecule is COc1cc(OC)cc([C@H]2[C@H](c3ccc(OC)c(OC)c3)c3c(OC)cc(OC)cc3[C@@H]2O)c1. The molecule has 34 heavy (non-hydrogen) atoms. The zero-order valence-corrected chi connectivity index (χ0v) is 20.2. The minimum atomic E-state index is -0.825. The van der Waals surface area contributed by atoms with E-state index in [-0.39, 0.29) is 11.8 Å². The van der Waals surface area contributed by atoms with Gasteiger partial charge in [0.2, 0.25) is 0 Å². The van der Waals surface area contributed by atoms with Crippen molar-refractivity contribution in [2.45, 2.75) is 17.9 Å². The van der Waals surface area contributed by atoms with Crippen molar-refractivity contribution in [1.82, 2.24) is 0 Å². The number of hydrogen-bond acceptors (Lipinski definition) is 7. The van der Waals surface area contributed by atoms with Crippen molar-refractivity contribution in [3.05, 3.63) is 70.8 Å². The van der Waals surface area contributed by atoms with E-state index in [2.05, 4.69) is 0 Å². The Balaban J connectivity index is 1.98. The first-order valence-corrected chi connectivity index (χ1v) is 10.9. The molecule has 0 fully saturated rings. The molecule has 0 heterocycles. The Kier molecular flexibility index (Phi) is 6.75. The van der Waals surface area contributed by atoms with E-state index >= 15 is 0 Å². The van der Waals surface area contributed by atoms with Crippen LogP contribution < -0.4 is 28.4 Å². The average molecular weight is 467 g/mol. The van der Waals surface area contributed by atoms with Gasteiger partial charge in [-0.3, -0.25) is 0 Å². The number of aliphatic hydroxyl groups excluding tert-OH is 1. The minimum Gasteiger partial charge on any atom is -0.497 e. The van der Waals surface area contributed by atoms with Crippen LogP contribution in [0.25, 0.3) is 0 Å². The summed E-state index contributed by atoms with van der Waals surface area (Å²) in [6.45, 7) is 0. The summed E-state index contributed by atoms with van der Waals surface area (Å²) in [4.78, 5) is 0. The summed E-state index contributed by atoms with van der Waals surface area (Å²) in [5, 5.41) is 11.7. The molecule has 3 aromatic carbocycles. The Labute approximate surface area is 199 Å². The van der Waals surface area contributed by atoms with Gasteiger partial charge in [-0.05, 0) is 47.0 Å². The molecule has 0 saturated heterocycles. The Hall–Kier alpha value is -3.58. The van der Waals surface area contributed by atoms with Gasteiger partial charge in [0, 0.05) is 29.5 Å². The van der Waals surface area contributed by atoms with Gasteiger partial charge in [-0.25, -0.2) is 0 Å². The van der Waals surface area contributed by atoms with E-state index < -0.39 is 6.10 Å². The summed E-state index contributed by atoms with van der Waals surface area (Å²) in [6, 6.07) is 15.2. The molecule has 0 bridgehead atoms. The molecule has 0 aromatic heterocycles. The molecule has 1 N–H and O–H groups in total. The third kappa shape index (κ3) is 3.96. The van der Waals surface area contributed by atoms with Crippen molar-refractivity contribution in [1.29, 1.82) is 0 Å². The minimum absolute atomic E-state index is 0.248. The first-order chi connectivity index (χ1) is 16.5. The van der Waals surface area contributed by atoms with Gasteiger partial charge in [0.25, 0.3) is 0 Å². The van der Waals surface area contributed by atoms with Gasteiger partial charge in [-0.15, -0.1) is 0 Å². The van der Waals surface area contributed by atoms with E-state index in [9.17, 15) is 5.11 Å². The van der Waals surface area contributed by atoms with Gasteiger partial charge in [0.15, 0.2) is 11.5 Å². The van der Waals surface area contributed by atoms with Crippen LogP contribution >= 0.6 is 0 Å². The summed E-state index contributed by atoms with van der Waals surface area (Å²) in [6.07, 6.45) is -0.825. The third-order valence-corrected chi connectivity index (χ3v) is 6.46. The Bertz CT molecular complexity index is 1150. The second kappa shape index (κ2) is 9.73. The highest BCUT2D eigenvalue weighted by Gasteiger charge is 2.44. The number of ether oxygens (including phenoxy) is 6. The molecule has 1 aliphatic carbocycles. The zero-order chi connectivity index (χ0) is 24.4. The molecular formula is C27H30O7. The highest BCUT2D eigenvalue weighted by molar-refractivity contribution is 5.61. The molecule has 0 radical (unpaired) electrons. The second-order valence-electron chi connectivity index (χ2n) is 8.04. The van der Waals surface area contributed by atoms with E-state index in [1.165, 1.54) is 0 Å². The lowest BCUT2D eigenvalue weighted by Gasteiger charge is -2.26. The maximum atomic E-state index is 11.7. The highest BCUT2D eigenvalue weighted by atomic mass is 16.5. The van der Waals surface area contributed by atoms with Crippen LogP contribution in [0.3, 0.4) is 0 Å². The molecule has 180 valence electrons. The van der Waals surface area contributed by atoms with Crippen molar-refractivity contribution in [3.8, 4) is 34.5 Å². The van der Waals surface area contributed by atoms with Gasteiger partial charge in [0.1, 0.15) is 23.0 Å². The number of rotatable bonds is 8. The largest absolute Gasteiger partial charge is 0.497 e. The standard InChI is InChI=1S/C27H30O7/c1-29-17-9-16(10-18(12-17)30-2)25-24(15-7-8-21(32-4)22(11-15)33-5)26-20(27(25)28)13-19(31-3)14-23(26)34-6/h7-14,24-25,27-28H,1-6H3/t24-,25-,27-/m0/s1. The van der Waals surface area contributed by atoms with Gasteiger partial charge < -0.3 is 33.5 Å². The van der Waals surface area contributed by atoms with E-state index in [0.29, 0.717) is 34.5 Å². The molecule has 0 aliphatic heterocycles. The predicted molar refractivity (Wildman–Crippen MR) is 128 cm³/mol. The lowest BCUT2D eigenvalue weighted by atomic mass is 9.80. The van der Waals surface area contributed by atoms with Crippen molar-refractivity contribution in [3.63, 3.8) is 0 Å². The summed E-state index contributed by atoms with van der Waals surface area (Å²) in [5.74, 6) is 3.20. The van der Waals surface area contributed by atoms with Gasteiger partial charge in [0.05, 0.1) is 48.8 Å². The molecule has 7 nitrogen and oxygen atoms in total. The maximum absolute atomic E-state index is 11.7. The lowest BCUT2D eigenvalue weighted by molar-refractivity contribution is 0.152. The van der Waals surface area contributed by atoms with Crippen LogP contribution in [0.1, 0.15) is 40.2 Å². The van der Waals surface area contributed by atoms with Crippen LogP contribution in [0, 0.1) is 0 Å². The summed E-state index contributed by atoms with van der Waals surface area (Å²) >= 11 is 0. The highest BCUT2D eigenvalue weighted by Crippen LogP contribution is 2.58. The number of benzene rings is 3. The summed E-state index contributed by atoms with van der Waals surface area (Å²) in [7, 11) is 9.64. The van der Waals surface area contributed by atoms with Gasteiger partial charge in [-0.2, -0.15) is 0 Å². The summed E-state index contributed by atoms with van der Waals surface area (Å²) < 4.78 is 33.3. The second-order valence-corrected chi connectivity index (χ2v) is 8.04. The number of fused-ring (bicyclic) bond motifs is 1. The fourth-order valence-electron chi connectivity index (χ4n) is 4.86. The van der Waals surface area contributed by atoms with Gasteiger partial charge >= 0.3 is 0 Å². The van der Waals surface area contributed by atoms with Crippen molar-refractivity contribution >= 4 is 0 Å². The Morgan fingerprint density at radius 2 is 1.15 bits per heavy atom. The monoisotopic (exact) mass is 466 g/mol. The van der Waals surface area contributed by atoms with Crippen molar-refractivity contribution in [2.24, 2.45) is 0 Å². The molecule has 0 unspecified atom stereocenters. The molecule has 3 aromatic rings. The quantitative estimate of drug-likeness (QED) is 0.516. The lowest BCUT2D eigenvalue weighted by Crippen LogP contribution is -2.13. The molecule has 0 saturated carbocycles. The fraction of sp³-hybridized carbons (Fsp3) is 0.333. The number of aliphatic hydroxyl groups is 1. The molecule has 0 spiro atoms. The van der Waals surface area contributed by atoms with Crippen LogP contribution in [-0.2, 0) is 0 Å². The van der Waals surface area contributed by atoms with Crippen LogP contribution in [-0.4, -0.2) is 47.8 Å². The summed E-state index contributed by atoms with van der Waals surface area (Å²) in [5.41, 5.74) is 3.48. The van der Waals surface area contributed by atoms with Crippen LogP contribution in [0.2, 0.25) is 0 Å². The van der Waals surface area contributed by atoms with Gasteiger partial charge in [-0.1, -0.05) is 6.07 Å². The van der Waals surface area contributed by atoms with E-state index in [1.807, 2.05) is 48.5 Å². The van der Waals surface area contributed by atoms with Crippen molar-refractivity contribution in [2.75, 3.05) is 42.7 Å². The Morgan fingerprint density at radius 1 is 0.559 bits per heavy atom. The maximum Gasteiger partial charge on any atom is 0.161 e. The van der Waals surface area contributed by atoms with Crippen molar-refractivity contribution < 1.29 is 33.5 Å².